The second-order valence-electron chi connectivity index (χ2n) is 4.16. The number of aliphatic carboxylic acids is 1. The van der Waals surface area contributed by atoms with Gasteiger partial charge in [0, 0.05) is 0 Å². The molecular weight excluding hydrogens is 240 g/mol. The Morgan fingerprint density at radius 2 is 1.78 bits per heavy atom. The highest BCUT2D eigenvalue weighted by atomic mass is 16.5. The third-order valence-corrected chi connectivity index (χ3v) is 2.42. The highest BCUT2D eigenvalue weighted by molar-refractivity contribution is 5.86. The fourth-order valence-corrected chi connectivity index (χ4v) is 1.32. The number of hydrogen-bond donors (Lipinski definition) is 3. The number of carbonyl (C=O) groups excluding carboxylic acids is 2. The minimum Gasteiger partial charge on any atom is -0.480 e. The van der Waals surface area contributed by atoms with Crippen molar-refractivity contribution in [3.63, 3.8) is 0 Å². The van der Waals surface area contributed by atoms with Gasteiger partial charge < -0.3 is 20.5 Å². The van der Waals surface area contributed by atoms with Crippen LogP contribution in [0.25, 0.3) is 0 Å². The number of carbonyl (C=O) groups is 3. The van der Waals surface area contributed by atoms with Crippen molar-refractivity contribution in [3.05, 3.63) is 0 Å². The molecule has 2 amide bonds. The molecular formula is C11H20N2O5. The molecule has 0 aliphatic heterocycles. The minimum absolute atomic E-state index is 0.258. The monoisotopic (exact) mass is 260 g/mol. The van der Waals surface area contributed by atoms with E-state index < -0.39 is 30.1 Å². The summed E-state index contributed by atoms with van der Waals surface area (Å²) in [6, 6.07) is -2.48. The number of ether oxygens (including phenoxy) is 1. The van der Waals surface area contributed by atoms with Crippen LogP contribution >= 0.6 is 0 Å². The van der Waals surface area contributed by atoms with Crippen molar-refractivity contribution in [1.82, 2.24) is 10.6 Å². The van der Waals surface area contributed by atoms with Gasteiger partial charge >= 0.3 is 18.0 Å². The van der Waals surface area contributed by atoms with Crippen LogP contribution in [0.3, 0.4) is 0 Å². The summed E-state index contributed by atoms with van der Waals surface area (Å²) in [5.74, 6) is -1.94. The molecule has 3 N–H and O–H groups in total. The Balaban J connectivity index is 4.48. The van der Waals surface area contributed by atoms with Gasteiger partial charge in [-0.05, 0) is 12.3 Å². The van der Waals surface area contributed by atoms with Gasteiger partial charge in [0.1, 0.15) is 12.1 Å². The van der Waals surface area contributed by atoms with Gasteiger partial charge in [-0.2, -0.15) is 0 Å². The average Bonchev–Trinajstić information content (AvgIpc) is 2.31. The highest BCUT2D eigenvalue weighted by Gasteiger charge is 2.25. The average molecular weight is 260 g/mol. The third kappa shape index (κ3) is 5.03. The van der Waals surface area contributed by atoms with E-state index in [0.29, 0.717) is 6.42 Å². The Labute approximate surface area is 106 Å². The molecule has 0 bridgehead atoms. The number of hydrogen-bond acceptors (Lipinski definition) is 4. The van der Waals surface area contributed by atoms with E-state index in [1.807, 2.05) is 0 Å². The lowest BCUT2D eigenvalue weighted by Gasteiger charge is -2.20. The molecule has 0 saturated heterocycles. The zero-order valence-corrected chi connectivity index (χ0v) is 11.0. The molecule has 0 aromatic carbocycles. The first-order valence-corrected chi connectivity index (χ1v) is 5.71. The predicted octanol–water partition coefficient (Wildman–Crippen LogP) is 0.346. The molecule has 0 aliphatic carbocycles. The molecule has 0 saturated carbocycles. The van der Waals surface area contributed by atoms with Crippen molar-refractivity contribution in [2.75, 3.05) is 7.11 Å². The maximum atomic E-state index is 11.6. The Bertz CT molecular complexity index is 317. The van der Waals surface area contributed by atoms with Crippen LogP contribution in [0.4, 0.5) is 4.79 Å². The van der Waals surface area contributed by atoms with Crippen LogP contribution in [-0.2, 0) is 14.3 Å². The maximum absolute atomic E-state index is 11.6. The van der Waals surface area contributed by atoms with Gasteiger partial charge in [-0.3, -0.25) is 0 Å². The standard InChI is InChI=1S/C11H20N2O5/c1-5-7(10(16)18-4)12-11(17)13-8(6(2)3)9(14)15/h6-8H,5H2,1-4H3,(H,14,15)(H2,12,13,17)/t7?,8-/m0/s1. The lowest BCUT2D eigenvalue weighted by molar-refractivity contribution is -0.142. The zero-order chi connectivity index (χ0) is 14.3. The van der Waals surface area contributed by atoms with E-state index >= 15 is 0 Å². The topological polar surface area (TPSA) is 105 Å². The second kappa shape index (κ2) is 7.52. The van der Waals surface area contributed by atoms with Gasteiger partial charge in [-0.15, -0.1) is 0 Å². The Morgan fingerprint density at radius 3 is 2.11 bits per heavy atom. The van der Waals surface area contributed by atoms with E-state index in [4.69, 9.17) is 5.11 Å². The van der Waals surface area contributed by atoms with Crippen LogP contribution in [0.15, 0.2) is 0 Å². The van der Waals surface area contributed by atoms with E-state index in [0.717, 1.165) is 0 Å². The van der Waals surface area contributed by atoms with Crippen molar-refractivity contribution < 1.29 is 24.2 Å². The van der Waals surface area contributed by atoms with Crippen molar-refractivity contribution in [3.8, 4) is 0 Å². The molecule has 18 heavy (non-hydrogen) atoms. The Hall–Kier alpha value is -1.79. The van der Waals surface area contributed by atoms with Gasteiger partial charge in [0.2, 0.25) is 0 Å². The summed E-state index contributed by atoms with van der Waals surface area (Å²) in [5.41, 5.74) is 0. The first-order chi connectivity index (χ1) is 8.33. The predicted molar refractivity (Wildman–Crippen MR) is 64.0 cm³/mol. The van der Waals surface area contributed by atoms with Crippen LogP contribution in [0.1, 0.15) is 27.2 Å². The molecule has 0 heterocycles. The number of urea groups is 1. The molecule has 2 atom stereocenters. The molecule has 0 aromatic rings. The summed E-state index contributed by atoms with van der Waals surface area (Å²) in [7, 11) is 1.22. The van der Waals surface area contributed by atoms with Crippen molar-refractivity contribution in [1.29, 1.82) is 0 Å². The smallest absolute Gasteiger partial charge is 0.328 e. The van der Waals surface area contributed by atoms with Gasteiger partial charge in [0.25, 0.3) is 0 Å². The van der Waals surface area contributed by atoms with Crippen molar-refractivity contribution >= 4 is 18.0 Å². The number of esters is 1. The largest absolute Gasteiger partial charge is 0.480 e. The molecule has 0 aliphatic rings. The number of carboxylic acids is 1. The third-order valence-electron chi connectivity index (χ3n) is 2.42. The fourth-order valence-electron chi connectivity index (χ4n) is 1.32. The molecule has 7 nitrogen and oxygen atoms in total. The van der Waals surface area contributed by atoms with Crippen LogP contribution < -0.4 is 10.6 Å². The quantitative estimate of drug-likeness (QED) is 0.597. The molecule has 7 heteroatoms. The lowest BCUT2D eigenvalue weighted by Crippen LogP contribution is -2.52. The maximum Gasteiger partial charge on any atom is 0.328 e. The van der Waals surface area contributed by atoms with Gasteiger partial charge in [-0.25, -0.2) is 14.4 Å². The molecule has 104 valence electrons. The molecule has 0 fully saturated rings. The van der Waals surface area contributed by atoms with E-state index in [1.54, 1.807) is 20.8 Å². The van der Waals surface area contributed by atoms with Crippen LogP contribution in [0.2, 0.25) is 0 Å². The second-order valence-corrected chi connectivity index (χ2v) is 4.16. The van der Waals surface area contributed by atoms with Crippen molar-refractivity contribution in [2.45, 2.75) is 39.3 Å². The minimum atomic E-state index is -1.12. The number of amides is 2. The number of carboxylic acid groups (broad SMARTS) is 1. The Kier molecular flexibility index (Phi) is 6.77. The summed E-state index contributed by atoms with van der Waals surface area (Å²) in [6.07, 6.45) is 0.361. The molecule has 0 spiro atoms. The number of nitrogens with one attached hydrogen (secondary N) is 2. The van der Waals surface area contributed by atoms with Crippen LogP contribution in [-0.4, -0.2) is 42.3 Å². The van der Waals surface area contributed by atoms with Crippen molar-refractivity contribution in [2.24, 2.45) is 5.92 Å². The summed E-state index contributed by atoms with van der Waals surface area (Å²) in [6.45, 7) is 5.06. The van der Waals surface area contributed by atoms with E-state index in [1.165, 1.54) is 7.11 Å². The molecule has 1 unspecified atom stereocenters. The van der Waals surface area contributed by atoms with E-state index in [9.17, 15) is 14.4 Å². The fraction of sp³-hybridized carbons (Fsp3) is 0.727. The summed E-state index contributed by atoms with van der Waals surface area (Å²) in [5, 5.41) is 13.6. The van der Waals surface area contributed by atoms with Crippen LogP contribution in [0.5, 0.6) is 0 Å². The van der Waals surface area contributed by atoms with Gasteiger partial charge in [0.15, 0.2) is 0 Å². The summed E-state index contributed by atoms with van der Waals surface area (Å²) < 4.78 is 4.51. The van der Waals surface area contributed by atoms with Crippen LogP contribution in [0, 0.1) is 5.92 Å². The van der Waals surface area contributed by atoms with Gasteiger partial charge in [-0.1, -0.05) is 20.8 Å². The SMILES string of the molecule is CCC(NC(=O)N[C@H](C(=O)O)C(C)C)C(=O)OC. The zero-order valence-electron chi connectivity index (χ0n) is 11.0. The normalized spacial score (nSPS) is 13.6. The first kappa shape index (κ1) is 16.2. The molecule has 0 rings (SSSR count). The number of rotatable bonds is 6. The summed E-state index contributed by atoms with van der Waals surface area (Å²) >= 11 is 0. The highest BCUT2D eigenvalue weighted by Crippen LogP contribution is 2.02. The number of methoxy groups -OCH3 is 1. The first-order valence-electron chi connectivity index (χ1n) is 5.71. The summed E-state index contributed by atoms with van der Waals surface area (Å²) in [4.78, 5) is 33.7. The molecule has 0 aromatic heterocycles. The lowest BCUT2D eigenvalue weighted by atomic mass is 10.1. The van der Waals surface area contributed by atoms with E-state index in [-0.39, 0.29) is 5.92 Å². The molecule has 0 radical (unpaired) electrons. The Morgan fingerprint density at radius 1 is 1.22 bits per heavy atom. The van der Waals surface area contributed by atoms with E-state index in [2.05, 4.69) is 15.4 Å². The van der Waals surface area contributed by atoms with Gasteiger partial charge in [0.05, 0.1) is 7.11 Å².